The van der Waals surface area contributed by atoms with Gasteiger partial charge in [0.05, 0.1) is 27.7 Å². The van der Waals surface area contributed by atoms with Gasteiger partial charge in [-0.3, -0.25) is 9.79 Å². The van der Waals surface area contributed by atoms with Crippen LogP contribution in [0.4, 0.5) is 13.2 Å². The number of alkyl halides is 3. The van der Waals surface area contributed by atoms with Crippen LogP contribution in [0.15, 0.2) is 35.3 Å². The first-order chi connectivity index (χ1) is 15.1. The van der Waals surface area contributed by atoms with Crippen LogP contribution in [-0.4, -0.2) is 24.3 Å². The van der Waals surface area contributed by atoms with Gasteiger partial charge in [-0.05, 0) is 53.3 Å². The third-order valence-electron chi connectivity index (χ3n) is 6.30. The zero-order valence-corrected chi connectivity index (χ0v) is 19.4. The Morgan fingerprint density at radius 3 is 2.50 bits per heavy atom. The minimum absolute atomic E-state index is 0.0241. The van der Waals surface area contributed by atoms with Crippen LogP contribution in [0.2, 0.25) is 15.1 Å². The molecule has 0 fully saturated rings. The van der Waals surface area contributed by atoms with Gasteiger partial charge in [0, 0.05) is 18.6 Å². The Labute approximate surface area is 199 Å². The van der Waals surface area contributed by atoms with E-state index in [0.29, 0.717) is 17.7 Å². The smallest absolute Gasteiger partial charge is 0.349 e. The van der Waals surface area contributed by atoms with Gasteiger partial charge in [0.25, 0.3) is 0 Å². The van der Waals surface area contributed by atoms with Crippen molar-refractivity contribution in [3.8, 4) is 0 Å². The van der Waals surface area contributed by atoms with E-state index in [1.54, 1.807) is 13.0 Å². The summed E-state index contributed by atoms with van der Waals surface area (Å²) in [5, 5.41) is 2.97. The van der Waals surface area contributed by atoms with Crippen LogP contribution in [-0.2, 0) is 16.6 Å². The van der Waals surface area contributed by atoms with Gasteiger partial charge in [0.15, 0.2) is 0 Å². The number of halogens is 6. The van der Waals surface area contributed by atoms with E-state index < -0.39 is 18.1 Å². The number of benzene rings is 2. The average Bonchev–Trinajstić information content (AvgIpc) is 3.36. The second-order valence-electron chi connectivity index (χ2n) is 8.20. The number of hydrogen-bond acceptors (Lipinski definition) is 2. The lowest BCUT2D eigenvalue weighted by Crippen LogP contribution is -2.43. The fourth-order valence-electron chi connectivity index (χ4n) is 4.44. The van der Waals surface area contributed by atoms with Gasteiger partial charge in [-0.2, -0.15) is 13.2 Å². The third-order valence-corrected chi connectivity index (χ3v) is 7.50. The topological polar surface area (TPSA) is 41.5 Å². The molecule has 1 aliphatic carbocycles. The summed E-state index contributed by atoms with van der Waals surface area (Å²) in [5.41, 5.74) is 0.793. The third kappa shape index (κ3) is 4.02. The first kappa shape index (κ1) is 23.4. The highest BCUT2D eigenvalue weighted by atomic mass is 35.5. The van der Waals surface area contributed by atoms with Crippen LogP contribution in [0, 0.1) is 0 Å². The Morgan fingerprint density at radius 2 is 1.88 bits per heavy atom. The number of amides is 1. The first-order valence-electron chi connectivity index (χ1n) is 10.2. The molecule has 1 aliphatic heterocycles. The first-order valence-corrected chi connectivity index (χ1v) is 11.4. The lowest BCUT2D eigenvalue weighted by Gasteiger charge is -2.32. The van der Waals surface area contributed by atoms with E-state index in [1.807, 2.05) is 12.1 Å². The normalized spacial score (nSPS) is 22.6. The van der Waals surface area contributed by atoms with Crippen molar-refractivity contribution in [2.75, 3.05) is 6.54 Å². The summed E-state index contributed by atoms with van der Waals surface area (Å²) in [5.74, 6) is -0.0256. The molecule has 2 aromatic rings. The minimum Gasteiger partial charge on any atom is -0.349 e. The molecule has 0 aromatic heterocycles. The lowest BCUT2D eigenvalue weighted by molar-refractivity contribution is -0.183. The standard InChI is InChI=1S/C23H20Cl3F3N2O/c1-2-20(32)31-18-6-4-12-7-13(3-5-15(12)18)19-10-22(11-30-19,23(27,28)29)14-8-16(24)21(26)17(25)9-14/h3,5,7-9,18H,2,4,6,10-11H2,1H3,(H,31,32). The number of aryl methyl sites for hydroxylation is 1. The number of carbonyl (C=O) groups is 1. The second kappa shape index (κ2) is 8.54. The fourth-order valence-corrected chi connectivity index (χ4v) is 5.04. The van der Waals surface area contributed by atoms with E-state index in [0.717, 1.165) is 24.0 Å². The summed E-state index contributed by atoms with van der Waals surface area (Å²) >= 11 is 18.0. The molecular formula is C23H20Cl3F3N2O. The highest BCUT2D eigenvalue weighted by Crippen LogP contribution is 2.50. The molecule has 3 nitrogen and oxygen atoms in total. The SMILES string of the molecule is CCC(=O)NC1CCc2cc(C3=NCC(c4cc(Cl)c(Cl)c(Cl)c4)(C(F)(F)F)C3)ccc21. The van der Waals surface area contributed by atoms with E-state index >= 15 is 0 Å². The molecule has 9 heteroatoms. The maximum absolute atomic E-state index is 14.3. The van der Waals surface area contributed by atoms with Crippen LogP contribution >= 0.6 is 34.8 Å². The van der Waals surface area contributed by atoms with E-state index in [-0.39, 0.29) is 39.0 Å². The molecule has 4 rings (SSSR count). The molecule has 1 heterocycles. The Bertz CT molecular complexity index is 1090. The van der Waals surface area contributed by atoms with Crippen molar-refractivity contribution in [1.82, 2.24) is 5.32 Å². The quantitative estimate of drug-likeness (QED) is 0.455. The largest absolute Gasteiger partial charge is 0.400 e. The van der Waals surface area contributed by atoms with Crippen molar-refractivity contribution < 1.29 is 18.0 Å². The Balaban J connectivity index is 1.65. The minimum atomic E-state index is -4.56. The molecule has 0 saturated heterocycles. The van der Waals surface area contributed by atoms with Crippen molar-refractivity contribution in [1.29, 1.82) is 0 Å². The second-order valence-corrected chi connectivity index (χ2v) is 9.39. The Kier molecular flexibility index (Phi) is 6.25. The van der Waals surface area contributed by atoms with Crippen molar-refractivity contribution in [2.24, 2.45) is 4.99 Å². The molecule has 2 unspecified atom stereocenters. The van der Waals surface area contributed by atoms with Crippen LogP contribution in [0.25, 0.3) is 0 Å². The van der Waals surface area contributed by atoms with E-state index in [1.165, 1.54) is 12.1 Å². The van der Waals surface area contributed by atoms with Crippen LogP contribution in [0.5, 0.6) is 0 Å². The highest BCUT2D eigenvalue weighted by Gasteiger charge is 2.58. The number of nitrogens with zero attached hydrogens (tertiary/aromatic N) is 1. The zero-order valence-electron chi connectivity index (χ0n) is 17.1. The van der Waals surface area contributed by atoms with Crippen molar-refractivity contribution in [2.45, 2.75) is 50.2 Å². The van der Waals surface area contributed by atoms with E-state index in [9.17, 15) is 18.0 Å². The molecule has 1 N–H and O–H groups in total. The van der Waals surface area contributed by atoms with Crippen LogP contribution in [0.3, 0.4) is 0 Å². The fraction of sp³-hybridized carbons (Fsp3) is 0.391. The van der Waals surface area contributed by atoms with E-state index in [2.05, 4.69) is 10.3 Å². The molecule has 0 bridgehead atoms. The Morgan fingerprint density at radius 1 is 1.19 bits per heavy atom. The van der Waals surface area contributed by atoms with Gasteiger partial charge in [-0.25, -0.2) is 0 Å². The lowest BCUT2D eigenvalue weighted by atomic mass is 9.76. The monoisotopic (exact) mass is 502 g/mol. The number of rotatable bonds is 4. The molecule has 2 atom stereocenters. The van der Waals surface area contributed by atoms with Crippen LogP contribution in [0.1, 0.15) is 54.5 Å². The molecule has 170 valence electrons. The predicted octanol–water partition coefficient (Wildman–Crippen LogP) is 6.85. The summed E-state index contributed by atoms with van der Waals surface area (Å²) in [7, 11) is 0. The molecule has 0 radical (unpaired) electrons. The van der Waals surface area contributed by atoms with Crippen molar-refractivity contribution in [3.63, 3.8) is 0 Å². The molecule has 0 spiro atoms. The summed E-state index contributed by atoms with van der Waals surface area (Å²) in [6.45, 7) is 1.34. The number of nitrogens with one attached hydrogen (secondary N) is 1. The highest BCUT2D eigenvalue weighted by molar-refractivity contribution is 6.48. The van der Waals surface area contributed by atoms with Gasteiger partial charge >= 0.3 is 6.18 Å². The van der Waals surface area contributed by atoms with Crippen molar-refractivity contribution in [3.05, 3.63) is 67.7 Å². The molecule has 0 saturated carbocycles. The van der Waals surface area contributed by atoms with Gasteiger partial charge in [0.1, 0.15) is 5.41 Å². The summed E-state index contributed by atoms with van der Waals surface area (Å²) < 4.78 is 43.0. The number of fused-ring (bicyclic) bond motifs is 1. The Hall–Kier alpha value is -1.76. The summed E-state index contributed by atoms with van der Waals surface area (Å²) in [6, 6.07) is 7.94. The molecule has 2 aromatic carbocycles. The van der Waals surface area contributed by atoms with E-state index in [4.69, 9.17) is 34.8 Å². The van der Waals surface area contributed by atoms with Gasteiger partial charge in [0.2, 0.25) is 5.91 Å². The average molecular weight is 504 g/mol. The van der Waals surface area contributed by atoms with Gasteiger partial charge < -0.3 is 5.32 Å². The zero-order chi connectivity index (χ0) is 23.3. The van der Waals surface area contributed by atoms with Gasteiger partial charge in [-0.15, -0.1) is 0 Å². The molecule has 1 amide bonds. The maximum Gasteiger partial charge on any atom is 0.400 e. The number of carbonyl (C=O) groups excluding carboxylic acids is 1. The maximum atomic E-state index is 14.3. The van der Waals surface area contributed by atoms with Crippen LogP contribution < -0.4 is 5.32 Å². The number of aliphatic imine (C=N–C) groups is 1. The summed E-state index contributed by atoms with van der Waals surface area (Å²) in [6.07, 6.45) is -2.97. The molecule has 2 aliphatic rings. The molecular weight excluding hydrogens is 484 g/mol. The summed E-state index contributed by atoms with van der Waals surface area (Å²) in [4.78, 5) is 16.1. The predicted molar refractivity (Wildman–Crippen MR) is 121 cm³/mol. The van der Waals surface area contributed by atoms with Gasteiger partial charge in [-0.1, -0.05) is 53.9 Å². The number of hydrogen-bond donors (Lipinski definition) is 1. The molecule has 32 heavy (non-hydrogen) atoms. The van der Waals surface area contributed by atoms with Crippen molar-refractivity contribution >= 4 is 46.4 Å².